The summed E-state index contributed by atoms with van der Waals surface area (Å²) in [7, 11) is -2.87. The summed E-state index contributed by atoms with van der Waals surface area (Å²) in [5.41, 5.74) is 13.5. The number of hydrogen-bond donors (Lipinski definition) is 0. The second-order valence-electron chi connectivity index (χ2n) is 12.4. The van der Waals surface area contributed by atoms with Gasteiger partial charge in [0.25, 0.3) is 0 Å². The average Bonchev–Trinajstić information content (AvgIpc) is 2.96. The van der Waals surface area contributed by atoms with E-state index in [1.54, 1.807) is 0 Å². The minimum Gasteiger partial charge on any atom is -0.192 e. The van der Waals surface area contributed by atoms with E-state index in [1.807, 2.05) is 97.1 Å². The van der Waals surface area contributed by atoms with E-state index in [9.17, 15) is 10.5 Å². The molecule has 4 heteroatoms. The first-order valence-electron chi connectivity index (χ1n) is 14.0. The molecule has 42 heavy (non-hydrogen) atoms. The molecule has 0 saturated carbocycles. The van der Waals surface area contributed by atoms with Crippen molar-refractivity contribution in [1.29, 1.82) is 10.5 Å². The third kappa shape index (κ3) is 8.57. The van der Waals surface area contributed by atoms with Crippen LogP contribution >= 0.6 is 0 Å². The largest absolute Gasteiger partial charge is 0.192 e. The highest BCUT2D eigenvalue weighted by Crippen LogP contribution is 2.27. The van der Waals surface area contributed by atoms with Crippen molar-refractivity contribution in [1.82, 2.24) is 0 Å². The van der Waals surface area contributed by atoms with Gasteiger partial charge in [-0.2, -0.15) is 10.5 Å². The van der Waals surface area contributed by atoms with Crippen LogP contribution in [0.25, 0.3) is 34.1 Å². The van der Waals surface area contributed by atoms with E-state index in [-0.39, 0.29) is 0 Å². The van der Waals surface area contributed by atoms with Crippen molar-refractivity contribution in [3.8, 4) is 35.1 Å². The van der Waals surface area contributed by atoms with Crippen LogP contribution in [0.3, 0.4) is 0 Å². The second-order valence-corrected chi connectivity index (χ2v) is 21.9. The Morgan fingerprint density at radius 1 is 0.524 bits per heavy atom. The summed E-state index contributed by atoms with van der Waals surface area (Å²) < 4.78 is 0. The summed E-state index contributed by atoms with van der Waals surface area (Å²) in [6.45, 7) is 13.4. The van der Waals surface area contributed by atoms with E-state index >= 15 is 0 Å². The normalized spacial score (nSPS) is 11.9. The first-order chi connectivity index (χ1) is 19.9. The van der Waals surface area contributed by atoms with Crippen LogP contribution in [0.15, 0.2) is 84.9 Å². The molecule has 0 saturated heterocycles. The Kier molecular flexibility index (Phi) is 9.16. The van der Waals surface area contributed by atoms with Crippen molar-refractivity contribution < 1.29 is 0 Å². The number of nitriles is 2. The first kappa shape index (κ1) is 30.1. The lowest BCUT2D eigenvalue weighted by molar-refractivity contribution is 1.52. The predicted molar refractivity (Wildman–Crippen MR) is 184 cm³/mol. The number of benzene rings is 4. The van der Waals surface area contributed by atoms with Gasteiger partial charge >= 0.3 is 0 Å². The quantitative estimate of drug-likeness (QED) is 0.105. The molecular weight excluding hydrogens is 541 g/mol. The molecule has 0 heterocycles. The number of fused-ring (bicyclic) bond motifs is 1. The lowest BCUT2D eigenvalue weighted by Crippen LogP contribution is -2.16. The highest BCUT2D eigenvalue weighted by atomic mass is 28.3. The maximum absolute atomic E-state index is 9.98. The van der Waals surface area contributed by atoms with E-state index in [1.165, 1.54) is 0 Å². The molecule has 0 bridgehead atoms. The molecule has 0 aliphatic carbocycles. The van der Waals surface area contributed by atoms with Gasteiger partial charge in [0.05, 0.1) is 23.3 Å². The molecule has 4 aromatic rings. The SMILES string of the molecule is C[Si](C)(C)C#Cc1ccc(C=C(C#N)c2ccc3ccc(C(C#N)=Cc4ccc(C#C[Si](C)(C)C)cc4)cc3c2)cc1. The molecule has 0 aliphatic rings. The van der Waals surface area contributed by atoms with Gasteiger partial charge in [-0.3, -0.25) is 0 Å². The molecule has 0 aliphatic heterocycles. The van der Waals surface area contributed by atoms with E-state index in [4.69, 9.17) is 0 Å². The van der Waals surface area contributed by atoms with Crippen LogP contribution in [0, 0.1) is 45.6 Å². The number of allylic oxidation sites excluding steroid dienone is 2. The Hall–Kier alpha value is -4.85. The second kappa shape index (κ2) is 12.8. The highest BCUT2D eigenvalue weighted by molar-refractivity contribution is 6.84. The third-order valence-corrected chi connectivity index (χ3v) is 8.06. The molecule has 0 aromatic heterocycles. The van der Waals surface area contributed by atoms with Gasteiger partial charge < -0.3 is 0 Å². The predicted octanol–water partition coefficient (Wildman–Crippen LogP) is 9.43. The van der Waals surface area contributed by atoms with Crippen molar-refractivity contribution in [3.63, 3.8) is 0 Å². The molecule has 4 aromatic carbocycles. The number of rotatable bonds is 4. The van der Waals surface area contributed by atoms with Gasteiger partial charge in [-0.1, -0.05) is 99.7 Å². The van der Waals surface area contributed by atoms with Gasteiger partial charge in [-0.25, -0.2) is 0 Å². The molecule has 0 N–H and O–H groups in total. The molecule has 2 nitrogen and oxygen atoms in total. The molecule has 4 rings (SSSR count). The summed E-state index contributed by atoms with van der Waals surface area (Å²) in [6, 6.07) is 32.8. The Bertz CT molecular complexity index is 1750. The first-order valence-corrected chi connectivity index (χ1v) is 21.0. The van der Waals surface area contributed by atoms with Crippen LogP contribution in [0.1, 0.15) is 33.4 Å². The Balaban J connectivity index is 1.62. The van der Waals surface area contributed by atoms with Crippen molar-refractivity contribution >= 4 is 50.2 Å². The summed E-state index contributed by atoms with van der Waals surface area (Å²) >= 11 is 0. The van der Waals surface area contributed by atoms with Gasteiger partial charge in [-0.15, -0.1) is 11.1 Å². The van der Waals surface area contributed by atoms with Crippen molar-refractivity contribution in [2.45, 2.75) is 39.3 Å². The van der Waals surface area contributed by atoms with Gasteiger partial charge in [0, 0.05) is 11.1 Å². The zero-order valence-corrected chi connectivity index (χ0v) is 27.1. The minimum absolute atomic E-state index is 0.580. The standard InChI is InChI=1S/C38H34N2Si2/c1-41(2,3)21-19-29-7-11-31(12-8-29)23-37(27-39)34-17-15-33-16-18-35(26-36(33)25-34)38(28-40)24-32-13-9-30(10-14-32)20-22-42(4,5)6/h7-18,23-26H,1-6H3. The van der Waals surface area contributed by atoms with E-state index in [0.717, 1.165) is 44.2 Å². The van der Waals surface area contributed by atoms with E-state index in [2.05, 4.69) is 74.3 Å². The molecule has 0 fully saturated rings. The maximum atomic E-state index is 9.98. The van der Waals surface area contributed by atoms with E-state index in [0.29, 0.717) is 11.1 Å². The fourth-order valence-electron chi connectivity index (χ4n) is 4.12. The van der Waals surface area contributed by atoms with Crippen LogP contribution in [-0.2, 0) is 0 Å². The van der Waals surface area contributed by atoms with Gasteiger partial charge in [0.15, 0.2) is 0 Å². The zero-order chi connectivity index (χ0) is 30.3. The fourth-order valence-corrected chi connectivity index (χ4v) is 5.16. The minimum atomic E-state index is -1.44. The van der Waals surface area contributed by atoms with Crippen LogP contribution in [0.5, 0.6) is 0 Å². The van der Waals surface area contributed by atoms with Crippen molar-refractivity contribution in [2.24, 2.45) is 0 Å². The molecule has 0 atom stereocenters. The summed E-state index contributed by atoms with van der Waals surface area (Å²) in [6.07, 6.45) is 3.80. The Morgan fingerprint density at radius 2 is 0.905 bits per heavy atom. The highest BCUT2D eigenvalue weighted by Gasteiger charge is 2.09. The topological polar surface area (TPSA) is 47.6 Å². The van der Waals surface area contributed by atoms with Crippen molar-refractivity contribution in [3.05, 3.63) is 118 Å². The third-order valence-electron chi connectivity index (χ3n) is 6.31. The van der Waals surface area contributed by atoms with E-state index < -0.39 is 16.1 Å². The summed E-state index contributed by atoms with van der Waals surface area (Å²) in [4.78, 5) is 0. The molecule has 0 unspecified atom stereocenters. The fraction of sp³-hybridized carbons (Fsp3) is 0.158. The Labute approximate surface area is 252 Å². The average molecular weight is 575 g/mol. The summed E-state index contributed by atoms with van der Waals surface area (Å²) in [5.74, 6) is 6.54. The smallest absolute Gasteiger partial charge is 0.129 e. The Morgan fingerprint density at radius 3 is 1.24 bits per heavy atom. The van der Waals surface area contributed by atoms with Gasteiger partial charge in [-0.05, 0) is 81.6 Å². The molecule has 204 valence electrons. The van der Waals surface area contributed by atoms with Crippen LogP contribution in [0.4, 0.5) is 0 Å². The lowest BCUT2D eigenvalue weighted by atomic mass is 9.96. The number of nitrogens with zero attached hydrogens (tertiary/aromatic N) is 2. The van der Waals surface area contributed by atoms with Crippen LogP contribution in [0.2, 0.25) is 39.3 Å². The lowest BCUT2D eigenvalue weighted by Gasteiger charge is -2.07. The molecule has 0 amide bonds. The van der Waals surface area contributed by atoms with Crippen LogP contribution < -0.4 is 0 Å². The maximum Gasteiger partial charge on any atom is 0.129 e. The van der Waals surface area contributed by atoms with Gasteiger partial charge in [0.2, 0.25) is 0 Å². The molecular formula is C38H34N2Si2. The summed E-state index contributed by atoms with van der Waals surface area (Å²) in [5, 5.41) is 22.0. The van der Waals surface area contributed by atoms with Crippen molar-refractivity contribution in [2.75, 3.05) is 0 Å². The molecule has 0 radical (unpaired) electrons. The molecule has 0 spiro atoms. The zero-order valence-electron chi connectivity index (χ0n) is 25.1. The number of hydrogen-bond acceptors (Lipinski definition) is 2. The van der Waals surface area contributed by atoms with Gasteiger partial charge in [0.1, 0.15) is 16.1 Å². The monoisotopic (exact) mass is 574 g/mol. The van der Waals surface area contributed by atoms with Crippen LogP contribution in [-0.4, -0.2) is 16.1 Å².